The van der Waals surface area contributed by atoms with Crippen molar-refractivity contribution in [3.63, 3.8) is 0 Å². The summed E-state index contributed by atoms with van der Waals surface area (Å²) in [6.07, 6.45) is 0. The van der Waals surface area contributed by atoms with Gasteiger partial charge in [-0.2, -0.15) is 0 Å². The predicted molar refractivity (Wildman–Crippen MR) is 88.7 cm³/mol. The first-order valence-corrected chi connectivity index (χ1v) is 7.44. The molecular formula is C18H21N3O. The number of phenols is 1. The minimum atomic E-state index is 0.00218. The third kappa shape index (κ3) is 2.45. The second kappa shape index (κ2) is 4.83. The Labute approximate surface area is 130 Å². The summed E-state index contributed by atoms with van der Waals surface area (Å²) in [6, 6.07) is 9.66. The topological polar surface area (TPSA) is 50.9 Å². The minimum Gasteiger partial charge on any atom is -0.506 e. The third-order valence-corrected chi connectivity index (χ3v) is 4.05. The van der Waals surface area contributed by atoms with Crippen LogP contribution < -0.4 is 0 Å². The zero-order valence-corrected chi connectivity index (χ0v) is 13.7. The van der Waals surface area contributed by atoms with Crippen molar-refractivity contribution in [2.75, 3.05) is 0 Å². The molecule has 0 radical (unpaired) electrons. The predicted octanol–water partition coefficient (Wildman–Crippen LogP) is 4.04. The Morgan fingerprint density at radius 1 is 0.909 bits per heavy atom. The fourth-order valence-electron chi connectivity index (χ4n) is 2.43. The van der Waals surface area contributed by atoms with Crippen molar-refractivity contribution in [1.82, 2.24) is 15.0 Å². The Balaban J connectivity index is 2.18. The van der Waals surface area contributed by atoms with Crippen LogP contribution in [0.4, 0.5) is 0 Å². The molecule has 0 amide bonds. The van der Waals surface area contributed by atoms with Gasteiger partial charge in [0.05, 0.1) is 0 Å². The first-order valence-electron chi connectivity index (χ1n) is 7.44. The first kappa shape index (κ1) is 14.6. The van der Waals surface area contributed by atoms with Crippen LogP contribution in [0.1, 0.15) is 37.5 Å². The molecule has 0 atom stereocenters. The molecule has 0 unspecified atom stereocenters. The van der Waals surface area contributed by atoms with E-state index in [1.165, 1.54) is 15.9 Å². The van der Waals surface area contributed by atoms with Crippen LogP contribution in [0.25, 0.3) is 16.7 Å². The summed E-state index contributed by atoms with van der Waals surface area (Å²) in [5.74, 6) is 0.182. The molecule has 1 N–H and O–H groups in total. The summed E-state index contributed by atoms with van der Waals surface area (Å²) < 4.78 is 0. The maximum absolute atomic E-state index is 10.2. The van der Waals surface area contributed by atoms with E-state index in [1.54, 1.807) is 6.07 Å². The molecule has 3 rings (SSSR count). The van der Waals surface area contributed by atoms with Crippen molar-refractivity contribution >= 4 is 11.0 Å². The quantitative estimate of drug-likeness (QED) is 0.737. The lowest BCUT2D eigenvalue weighted by atomic mass is 9.87. The lowest BCUT2D eigenvalue weighted by Crippen LogP contribution is -2.12. The number of nitrogens with zero attached hydrogens (tertiary/aromatic N) is 3. The van der Waals surface area contributed by atoms with Gasteiger partial charge in [-0.15, -0.1) is 15.0 Å². The number of aromatic hydroxyl groups is 1. The number of benzene rings is 2. The molecule has 0 spiro atoms. The lowest BCUT2D eigenvalue weighted by Gasteiger charge is -2.19. The fraction of sp³-hybridized carbons (Fsp3) is 0.333. The van der Waals surface area contributed by atoms with Crippen molar-refractivity contribution in [2.24, 2.45) is 0 Å². The monoisotopic (exact) mass is 295 g/mol. The van der Waals surface area contributed by atoms with Gasteiger partial charge in [-0.25, -0.2) is 0 Å². The van der Waals surface area contributed by atoms with Crippen molar-refractivity contribution in [3.8, 4) is 11.4 Å². The van der Waals surface area contributed by atoms with Crippen molar-refractivity contribution in [1.29, 1.82) is 0 Å². The molecule has 3 aromatic rings. The minimum absolute atomic E-state index is 0.00218. The Bertz CT molecular complexity index is 818. The van der Waals surface area contributed by atoms with E-state index in [-0.39, 0.29) is 11.2 Å². The molecule has 2 aromatic carbocycles. The molecule has 1 aromatic heterocycles. The van der Waals surface area contributed by atoms with E-state index < -0.39 is 0 Å². The van der Waals surface area contributed by atoms with Crippen LogP contribution in [-0.4, -0.2) is 20.1 Å². The van der Waals surface area contributed by atoms with Crippen LogP contribution in [-0.2, 0) is 5.41 Å². The lowest BCUT2D eigenvalue weighted by molar-refractivity contribution is 0.466. The first-order chi connectivity index (χ1) is 10.3. The standard InChI is InChI=1S/C18H21N3O/c1-11-8-14-15(9-12(11)2)20-21(19-14)16-10-13(18(3,4)5)6-7-17(16)22/h6-10,22H,1-5H3. The van der Waals surface area contributed by atoms with Crippen LogP contribution in [0.5, 0.6) is 5.75 Å². The molecule has 0 aliphatic carbocycles. The van der Waals surface area contributed by atoms with E-state index in [0.29, 0.717) is 5.69 Å². The second-order valence-electron chi connectivity index (χ2n) is 6.87. The smallest absolute Gasteiger partial charge is 0.143 e. The van der Waals surface area contributed by atoms with Crippen LogP contribution in [0, 0.1) is 13.8 Å². The van der Waals surface area contributed by atoms with Gasteiger partial charge in [0.15, 0.2) is 0 Å². The number of aromatic nitrogens is 3. The van der Waals surface area contributed by atoms with E-state index >= 15 is 0 Å². The molecule has 1 heterocycles. The van der Waals surface area contributed by atoms with Gasteiger partial charge in [0, 0.05) is 0 Å². The average Bonchev–Trinajstić information content (AvgIpc) is 2.81. The zero-order valence-electron chi connectivity index (χ0n) is 13.7. The summed E-state index contributed by atoms with van der Waals surface area (Å²) in [4.78, 5) is 1.52. The number of hydrogen-bond donors (Lipinski definition) is 1. The van der Waals surface area contributed by atoms with Crippen LogP contribution in [0.15, 0.2) is 30.3 Å². The molecule has 0 saturated heterocycles. The molecular weight excluding hydrogens is 274 g/mol. The van der Waals surface area contributed by atoms with E-state index in [1.807, 2.05) is 24.3 Å². The molecule has 22 heavy (non-hydrogen) atoms. The number of fused-ring (bicyclic) bond motifs is 1. The summed E-state index contributed by atoms with van der Waals surface area (Å²) in [6.45, 7) is 10.5. The van der Waals surface area contributed by atoms with Crippen molar-refractivity contribution in [3.05, 3.63) is 47.0 Å². The van der Waals surface area contributed by atoms with Gasteiger partial charge < -0.3 is 5.11 Å². The van der Waals surface area contributed by atoms with Gasteiger partial charge in [-0.05, 0) is 60.2 Å². The van der Waals surface area contributed by atoms with Crippen LogP contribution in [0.2, 0.25) is 0 Å². The fourth-order valence-corrected chi connectivity index (χ4v) is 2.43. The maximum Gasteiger partial charge on any atom is 0.143 e. The number of aryl methyl sites for hydroxylation is 2. The summed E-state index contributed by atoms with van der Waals surface area (Å²) in [5.41, 5.74) is 5.79. The highest BCUT2D eigenvalue weighted by Crippen LogP contribution is 2.29. The Morgan fingerprint density at radius 2 is 1.45 bits per heavy atom. The zero-order chi connectivity index (χ0) is 16.1. The van der Waals surface area contributed by atoms with Crippen LogP contribution in [0.3, 0.4) is 0 Å². The highest BCUT2D eigenvalue weighted by Gasteiger charge is 2.17. The molecule has 0 saturated carbocycles. The Morgan fingerprint density at radius 3 is 1.95 bits per heavy atom. The highest BCUT2D eigenvalue weighted by molar-refractivity contribution is 5.76. The number of hydrogen-bond acceptors (Lipinski definition) is 3. The number of rotatable bonds is 1. The van der Waals surface area contributed by atoms with E-state index in [9.17, 15) is 5.11 Å². The second-order valence-corrected chi connectivity index (χ2v) is 6.87. The Hall–Kier alpha value is -2.36. The van der Waals surface area contributed by atoms with Crippen molar-refractivity contribution in [2.45, 2.75) is 40.0 Å². The van der Waals surface area contributed by atoms with Gasteiger partial charge in [0.1, 0.15) is 22.5 Å². The summed E-state index contributed by atoms with van der Waals surface area (Å²) in [5, 5.41) is 19.2. The molecule has 0 bridgehead atoms. The van der Waals surface area contributed by atoms with Gasteiger partial charge >= 0.3 is 0 Å². The van der Waals surface area contributed by atoms with Gasteiger partial charge in [-0.1, -0.05) is 26.8 Å². The van der Waals surface area contributed by atoms with Gasteiger partial charge in [0.2, 0.25) is 0 Å². The molecule has 4 nitrogen and oxygen atoms in total. The summed E-state index contributed by atoms with van der Waals surface area (Å²) >= 11 is 0. The maximum atomic E-state index is 10.2. The van der Waals surface area contributed by atoms with Gasteiger partial charge in [-0.3, -0.25) is 0 Å². The highest BCUT2D eigenvalue weighted by atomic mass is 16.3. The molecule has 0 aliphatic heterocycles. The molecule has 0 fully saturated rings. The van der Waals surface area contributed by atoms with E-state index in [2.05, 4.69) is 44.8 Å². The number of phenolic OH excluding ortho intramolecular Hbond substituents is 1. The molecule has 4 heteroatoms. The average molecular weight is 295 g/mol. The largest absolute Gasteiger partial charge is 0.506 e. The van der Waals surface area contributed by atoms with Crippen molar-refractivity contribution < 1.29 is 5.11 Å². The SMILES string of the molecule is Cc1cc2nn(-c3cc(C(C)(C)C)ccc3O)nc2cc1C. The van der Waals surface area contributed by atoms with Crippen LogP contribution >= 0.6 is 0 Å². The normalized spacial score (nSPS) is 12.0. The van der Waals surface area contributed by atoms with E-state index in [0.717, 1.165) is 16.6 Å². The van der Waals surface area contributed by atoms with E-state index in [4.69, 9.17) is 0 Å². The summed E-state index contributed by atoms with van der Waals surface area (Å²) in [7, 11) is 0. The van der Waals surface area contributed by atoms with Gasteiger partial charge in [0.25, 0.3) is 0 Å². The third-order valence-electron chi connectivity index (χ3n) is 4.05. The molecule has 114 valence electrons. The molecule has 0 aliphatic rings. The Kier molecular flexibility index (Phi) is 3.20.